The zero-order valence-corrected chi connectivity index (χ0v) is 14.1. The van der Waals surface area contributed by atoms with Gasteiger partial charge in [-0.2, -0.15) is 0 Å². The monoisotopic (exact) mass is 383 g/mol. The number of alkyl halides is 1. The van der Waals surface area contributed by atoms with Crippen LogP contribution in [0.5, 0.6) is 0 Å². The molecule has 1 unspecified atom stereocenters. The van der Waals surface area contributed by atoms with Gasteiger partial charge in [-0.1, -0.05) is 39.7 Å². The minimum atomic E-state index is -0.275. The van der Waals surface area contributed by atoms with Crippen molar-refractivity contribution in [2.75, 3.05) is 5.32 Å². The number of fused-ring (bicyclic) bond motifs is 1. The summed E-state index contributed by atoms with van der Waals surface area (Å²) in [6.45, 7) is 0. The highest BCUT2D eigenvalue weighted by molar-refractivity contribution is 9.10. The molecule has 1 heterocycles. The average molecular weight is 385 g/mol. The van der Waals surface area contributed by atoms with E-state index in [0.717, 1.165) is 33.3 Å². The Balaban J connectivity index is 1.94. The van der Waals surface area contributed by atoms with Gasteiger partial charge >= 0.3 is 0 Å². The summed E-state index contributed by atoms with van der Waals surface area (Å²) < 4.78 is 0.904. The van der Waals surface area contributed by atoms with Crippen molar-refractivity contribution in [2.45, 2.75) is 18.2 Å². The summed E-state index contributed by atoms with van der Waals surface area (Å²) in [5.41, 5.74) is 3.95. The van der Waals surface area contributed by atoms with Gasteiger partial charge in [0.05, 0.1) is 5.38 Å². The van der Waals surface area contributed by atoms with Crippen LogP contribution in [0.3, 0.4) is 0 Å². The second-order valence-corrected chi connectivity index (χ2v) is 6.82. The lowest BCUT2D eigenvalue weighted by atomic mass is 9.97. The Labute approximate surface area is 141 Å². The molecule has 0 aromatic heterocycles. The molecule has 1 N–H and O–H groups in total. The molecule has 3 rings (SSSR count). The molecule has 0 bridgehead atoms. The molecule has 0 radical (unpaired) electrons. The van der Waals surface area contributed by atoms with Crippen LogP contribution in [0.25, 0.3) is 0 Å². The number of anilines is 1. The van der Waals surface area contributed by atoms with Gasteiger partial charge in [0.1, 0.15) is 0 Å². The topological polar surface area (TPSA) is 29.1 Å². The second kappa shape index (κ2) is 5.99. The van der Waals surface area contributed by atoms with E-state index in [4.69, 9.17) is 23.2 Å². The number of hydrogen-bond donors (Lipinski definition) is 1. The third kappa shape index (κ3) is 3.25. The molecule has 2 aromatic carbocycles. The first-order valence-electron chi connectivity index (χ1n) is 6.55. The van der Waals surface area contributed by atoms with Gasteiger partial charge < -0.3 is 5.32 Å². The van der Waals surface area contributed by atoms with Crippen molar-refractivity contribution >= 4 is 50.7 Å². The maximum absolute atomic E-state index is 11.4. The van der Waals surface area contributed by atoms with Crippen LogP contribution in [0, 0.1) is 0 Å². The molecule has 0 spiro atoms. The van der Waals surface area contributed by atoms with Gasteiger partial charge in [0.25, 0.3) is 0 Å². The first kappa shape index (κ1) is 14.9. The van der Waals surface area contributed by atoms with Crippen molar-refractivity contribution in [2.24, 2.45) is 0 Å². The fourth-order valence-corrected chi connectivity index (χ4v) is 3.62. The smallest absolute Gasteiger partial charge is 0.224 e. The molecule has 0 saturated heterocycles. The molecule has 0 fully saturated rings. The van der Waals surface area contributed by atoms with E-state index >= 15 is 0 Å². The molecule has 1 aliphatic rings. The first-order chi connectivity index (χ1) is 10.0. The van der Waals surface area contributed by atoms with E-state index < -0.39 is 0 Å². The lowest BCUT2D eigenvalue weighted by Gasteiger charge is -2.19. The lowest BCUT2D eigenvalue weighted by molar-refractivity contribution is -0.116. The van der Waals surface area contributed by atoms with E-state index in [1.807, 2.05) is 30.3 Å². The largest absolute Gasteiger partial charge is 0.326 e. The van der Waals surface area contributed by atoms with Crippen molar-refractivity contribution < 1.29 is 4.79 Å². The fourth-order valence-electron chi connectivity index (χ4n) is 2.47. The predicted octanol–water partition coefficient (Wildman–Crippen LogP) is 5.32. The molecular weight excluding hydrogens is 373 g/mol. The Bertz CT molecular complexity index is 697. The Morgan fingerprint density at radius 1 is 1.10 bits per heavy atom. The molecule has 1 atom stereocenters. The van der Waals surface area contributed by atoms with Gasteiger partial charge in [0, 0.05) is 21.6 Å². The van der Waals surface area contributed by atoms with Crippen molar-refractivity contribution in [1.82, 2.24) is 0 Å². The van der Waals surface area contributed by atoms with Crippen molar-refractivity contribution in [3.8, 4) is 0 Å². The minimum Gasteiger partial charge on any atom is -0.326 e. The van der Waals surface area contributed by atoms with Crippen LogP contribution in [-0.4, -0.2) is 5.91 Å². The third-order valence-corrected chi connectivity index (χ3v) is 4.67. The second-order valence-electron chi connectivity index (χ2n) is 5.03. The van der Waals surface area contributed by atoms with Gasteiger partial charge in [0.15, 0.2) is 0 Å². The SMILES string of the molecule is O=C1CCc2cc(C(Cl)c3cc(Cl)cc(Br)c3)ccc2N1. The maximum Gasteiger partial charge on any atom is 0.224 e. The summed E-state index contributed by atoms with van der Waals surface area (Å²) in [4.78, 5) is 11.4. The zero-order valence-electron chi connectivity index (χ0n) is 11.0. The number of hydrogen-bond acceptors (Lipinski definition) is 1. The molecule has 0 saturated carbocycles. The number of carbonyl (C=O) groups excluding carboxylic acids is 1. The highest BCUT2D eigenvalue weighted by Crippen LogP contribution is 2.35. The van der Waals surface area contributed by atoms with Crippen LogP contribution < -0.4 is 5.32 Å². The standard InChI is InChI=1S/C16H12BrCl2NO/c17-12-6-11(7-13(18)8-12)16(19)10-1-3-14-9(5-10)2-4-15(21)20-14/h1,3,5-8,16H,2,4H2,(H,20,21). The maximum atomic E-state index is 11.4. The van der Waals surface area contributed by atoms with Crippen LogP contribution in [0.2, 0.25) is 5.02 Å². The van der Waals surface area contributed by atoms with E-state index in [1.54, 1.807) is 0 Å². The average Bonchev–Trinajstić information content (AvgIpc) is 2.45. The number of rotatable bonds is 2. The summed E-state index contributed by atoms with van der Waals surface area (Å²) in [6.07, 6.45) is 1.27. The van der Waals surface area contributed by atoms with Gasteiger partial charge in [-0.25, -0.2) is 0 Å². The van der Waals surface area contributed by atoms with Gasteiger partial charge in [-0.15, -0.1) is 11.6 Å². The Morgan fingerprint density at radius 2 is 1.90 bits per heavy atom. The molecular formula is C16H12BrCl2NO. The molecule has 5 heteroatoms. The number of benzene rings is 2. The highest BCUT2D eigenvalue weighted by atomic mass is 79.9. The van der Waals surface area contributed by atoms with E-state index in [9.17, 15) is 4.79 Å². The Morgan fingerprint density at radius 3 is 2.67 bits per heavy atom. The summed E-state index contributed by atoms with van der Waals surface area (Å²) in [5.74, 6) is 0.0662. The van der Waals surface area contributed by atoms with Crippen molar-refractivity contribution in [3.63, 3.8) is 0 Å². The molecule has 1 aliphatic heterocycles. The predicted molar refractivity (Wildman–Crippen MR) is 90.2 cm³/mol. The van der Waals surface area contributed by atoms with Gasteiger partial charge in [0.2, 0.25) is 5.91 Å². The summed E-state index contributed by atoms with van der Waals surface area (Å²) in [5, 5.41) is 3.25. The van der Waals surface area contributed by atoms with E-state index in [2.05, 4.69) is 27.3 Å². The van der Waals surface area contributed by atoms with Crippen LogP contribution in [-0.2, 0) is 11.2 Å². The highest BCUT2D eigenvalue weighted by Gasteiger charge is 2.18. The van der Waals surface area contributed by atoms with Crippen LogP contribution >= 0.6 is 39.1 Å². The molecule has 0 aliphatic carbocycles. The Kier molecular flexibility index (Phi) is 4.25. The third-order valence-electron chi connectivity index (χ3n) is 3.49. The fraction of sp³-hybridized carbons (Fsp3) is 0.188. The van der Waals surface area contributed by atoms with Crippen LogP contribution in [0.1, 0.15) is 28.5 Å². The summed E-state index contributed by atoms with van der Waals surface area (Å²) in [7, 11) is 0. The lowest BCUT2D eigenvalue weighted by Crippen LogP contribution is -2.19. The number of nitrogens with one attached hydrogen (secondary N) is 1. The minimum absolute atomic E-state index is 0.0662. The number of aryl methyl sites for hydroxylation is 1. The Hall–Kier alpha value is -1.03. The molecule has 2 aromatic rings. The van der Waals surface area contributed by atoms with E-state index in [-0.39, 0.29) is 11.3 Å². The first-order valence-corrected chi connectivity index (χ1v) is 8.16. The number of amides is 1. The quantitative estimate of drug-likeness (QED) is 0.698. The molecule has 108 valence electrons. The summed E-state index contributed by atoms with van der Waals surface area (Å²) >= 11 is 16.1. The van der Waals surface area contributed by atoms with Crippen molar-refractivity contribution in [1.29, 1.82) is 0 Å². The van der Waals surface area contributed by atoms with E-state index in [0.29, 0.717) is 11.4 Å². The molecule has 21 heavy (non-hydrogen) atoms. The van der Waals surface area contributed by atoms with E-state index in [1.165, 1.54) is 0 Å². The molecule has 2 nitrogen and oxygen atoms in total. The van der Waals surface area contributed by atoms with Crippen LogP contribution in [0.4, 0.5) is 5.69 Å². The van der Waals surface area contributed by atoms with Crippen molar-refractivity contribution in [3.05, 3.63) is 62.6 Å². The van der Waals surface area contributed by atoms with Crippen LogP contribution in [0.15, 0.2) is 40.9 Å². The number of carbonyl (C=O) groups is 1. The normalized spacial score (nSPS) is 15.3. The summed E-state index contributed by atoms with van der Waals surface area (Å²) in [6, 6.07) is 11.6. The van der Waals surface area contributed by atoms with Gasteiger partial charge in [-0.05, 0) is 47.4 Å². The van der Waals surface area contributed by atoms with Gasteiger partial charge in [-0.3, -0.25) is 4.79 Å². The zero-order chi connectivity index (χ0) is 15.0. The molecule has 1 amide bonds. The number of halogens is 3.